The van der Waals surface area contributed by atoms with Gasteiger partial charge in [0.05, 0.1) is 12.6 Å². The number of benzene rings is 2. The van der Waals surface area contributed by atoms with Gasteiger partial charge < -0.3 is 10.4 Å². The van der Waals surface area contributed by atoms with Crippen LogP contribution in [0, 0.1) is 0 Å². The number of nitrogens with one attached hydrogen (secondary N) is 1. The van der Waals surface area contributed by atoms with Gasteiger partial charge in [-0.2, -0.15) is 0 Å². The van der Waals surface area contributed by atoms with Crippen LogP contribution in [0.3, 0.4) is 0 Å². The Morgan fingerprint density at radius 3 is 2.58 bits per heavy atom. The van der Waals surface area contributed by atoms with Crippen LogP contribution in [0.25, 0.3) is 0 Å². The monoisotopic (exact) mass is 339 g/mol. The molecule has 0 aliphatic rings. The molecular weight excluding hydrogens is 326 g/mol. The highest BCUT2D eigenvalue weighted by Crippen LogP contribution is 2.22. The first-order valence-corrected chi connectivity index (χ1v) is 7.21. The molecule has 4 heteroatoms. The summed E-state index contributed by atoms with van der Waals surface area (Å²) in [6, 6.07) is 15.5. The van der Waals surface area contributed by atoms with Crippen LogP contribution in [0.4, 0.5) is 0 Å². The van der Waals surface area contributed by atoms with E-state index < -0.39 is 0 Å². The van der Waals surface area contributed by atoms with Gasteiger partial charge in [0.25, 0.3) is 0 Å². The first kappa shape index (κ1) is 14.5. The summed E-state index contributed by atoms with van der Waals surface area (Å²) < 4.78 is 0.994. The van der Waals surface area contributed by atoms with Crippen LogP contribution in [-0.2, 0) is 6.54 Å². The molecule has 0 heterocycles. The molecular formula is C15H15BrClNO. The maximum Gasteiger partial charge on any atom is 0.0626 e. The Balaban J connectivity index is 2.06. The molecule has 0 amide bonds. The molecule has 1 atom stereocenters. The smallest absolute Gasteiger partial charge is 0.0626 e. The van der Waals surface area contributed by atoms with E-state index in [9.17, 15) is 5.11 Å². The maximum absolute atomic E-state index is 9.48. The number of aliphatic hydroxyl groups is 1. The summed E-state index contributed by atoms with van der Waals surface area (Å²) in [4.78, 5) is 0. The summed E-state index contributed by atoms with van der Waals surface area (Å²) in [7, 11) is 0. The van der Waals surface area contributed by atoms with Crippen molar-refractivity contribution in [3.63, 3.8) is 0 Å². The molecule has 0 saturated carbocycles. The van der Waals surface area contributed by atoms with Gasteiger partial charge in [-0.25, -0.2) is 0 Å². The molecule has 0 radical (unpaired) electrons. The van der Waals surface area contributed by atoms with E-state index in [4.69, 9.17) is 11.6 Å². The van der Waals surface area contributed by atoms with Crippen LogP contribution < -0.4 is 5.32 Å². The summed E-state index contributed by atoms with van der Waals surface area (Å²) >= 11 is 9.58. The third-order valence-electron chi connectivity index (χ3n) is 2.93. The van der Waals surface area contributed by atoms with E-state index in [1.807, 2.05) is 48.5 Å². The lowest BCUT2D eigenvalue weighted by molar-refractivity contribution is 0.243. The Hall–Kier alpha value is -0.870. The van der Waals surface area contributed by atoms with E-state index in [0.29, 0.717) is 6.54 Å². The van der Waals surface area contributed by atoms with Gasteiger partial charge in [-0.3, -0.25) is 0 Å². The predicted molar refractivity (Wildman–Crippen MR) is 82.3 cm³/mol. The normalized spacial score (nSPS) is 12.4. The van der Waals surface area contributed by atoms with E-state index in [0.717, 1.165) is 20.6 Å². The van der Waals surface area contributed by atoms with Crippen LogP contribution in [0.15, 0.2) is 53.0 Å². The van der Waals surface area contributed by atoms with E-state index in [1.54, 1.807) is 0 Å². The van der Waals surface area contributed by atoms with Gasteiger partial charge >= 0.3 is 0 Å². The van der Waals surface area contributed by atoms with Crippen molar-refractivity contribution >= 4 is 27.5 Å². The van der Waals surface area contributed by atoms with E-state index in [1.165, 1.54) is 0 Å². The van der Waals surface area contributed by atoms with Crippen molar-refractivity contribution in [2.45, 2.75) is 12.6 Å². The number of halogens is 2. The van der Waals surface area contributed by atoms with Crippen molar-refractivity contribution in [3.05, 3.63) is 69.2 Å². The van der Waals surface area contributed by atoms with E-state index in [-0.39, 0.29) is 12.6 Å². The van der Waals surface area contributed by atoms with Gasteiger partial charge in [-0.15, -0.1) is 0 Å². The Morgan fingerprint density at radius 1 is 1.16 bits per heavy atom. The van der Waals surface area contributed by atoms with Gasteiger partial charge in [0.15, 0.2) is 0 Å². The summed E-state index contributed by atoms with van der Waals surface area (Å²) in [5.41, 5.74) is 2.07. The molecule has 100 valence electrons. The molecule has 19 heavy (non-hydrogen) atoms. The lowest BCUT2D eigenvalue weighted by Gasteiger charge is -2.17. The fourth-order valence-corrected chi connectivity index (χ4v) is 2.48. The molecule has 0 unspecified atom stereocenters. The number of hydrogen-bond acceptors (Lipinski definition) is 2. The predicted octanol–water partition coefficient (Wildman–Crippen LogP) is 3.93. The third-order valence-corrected chi connectivity index (χ3v) is 3.79. The summed E-state index contributed by atoms with van der Waals surface area (Å²) in [5, 5.41) is 13.5. The van der Waals surface area contributed by atoms with Gasteiger partial charge in [0, 0.05) is 16.0 Å². The fraction of sp³-hybridized carbons (Fsp3) is 0.200. The molecule has 0 fully saturated rings. The maximum atomic E-state index is 9.48. The lowest BCUT2D eigenvalue weighted by atomic mass is 10.1. The Labute approximate surface area is 126 Å². The first-order chi connectivity index (χ1) is 9.20. The molecule has 2 N–H and O–H groups in total. The Morgan fingerprint density at radius 2 is 1.89 bits per heavy atom. The van der Waals surface area contributed by atoms with Crippen molar-refractivity contribution in [3.8, 4) is 0 Å². The molecule has 0 saturated heterocycles. The van der Waals surface area contributed by atoms with Crippen molar-refractivity contribution in [2.24, 2.45) is 0 Å². The zero-order chi connectivity index (χ0) is 13.7. The fourth-order valence-electron chi connectivity index (χ4n) is 1.89. The van der Waals surface area contributed by atoms with Gasteiger partial charge in [-0.1, -0.05) is 57.9 Å². The standard InChI is InChI=1S/C15H15BrClNO/c16-13-6-7-14(17)12(8-13)9-18-15(10-19)11-4-2-1-3-5-11/h1-8,15,18-19H,9-10H2/t15-/m0/s1. The van der Waals surface area contributed by atoms with Gasteiger partial charge in [0.1, 0.15) is 0 Å². The minimum atomic E-state index is -0.0868. The largest absolute Gasteiger partial charge is 0.394 e. The zero-order valence-electron chi connectivity index (χ0n) is 10.3. The SMILES string of the molecule is OC[C@H](NCc1cc(Br)ccc1Cl)c1ccccc1. The van der Waals surface area contributed by atoms with E-state index in [2.05, 4.69) is 21.2 Å². The lowest BCUT2D eigenvalue weighted by Crippen LogP contribution is -2.24. The second-order valence-electron chi connectivity index (χ2n) is 4.26. The van der Waals surface area contributed by atoms with Crippen LogP contribution in [0.1, 0.15) is 17.2 Å². The summed E-state index contributed by atoms with van der Waals surface area (Å²) in [5.74, 6) is 0. The number of aliphatic hydroxyl groups excluding tert-OH is 1. The zero-order valence-corrected chi connectivity index (χ0v) is 12.7. The molecule has 0 spiro atoms. The molecule has 2 aromatic carbocycles. The van der Waals surface area contributed by atoms with Crippen LogP contribution >= 0.6 is 27.5 Å². The summed E-state index contributed by atoms with van der Waals surface area (Å²) in [6.07, 6.45) is 0. The van der Waals surface area contributed by atoms with Crippen molar-refractivity contribution in [1.82, 2.24) is 5.32 Å². The molecule has 2 rings (SSSR count). The molecule has 0 aromatic heterocycles. The second kappa shape index (κ2) is 7.06. The first-order valence-electron chi connectivity index (χ1n) is 6.04. The van der Waals surface area contributed by atoms with Crippen LogP contribution in [0.2, 0.25) is 5.02 Å². The molecule has 2 aromatic rings. The summed E-state index contributed by atoms with van der Waals surface area (Å²) in [6.45, 7) is 0.661. The van der Waals surface area contributed by atoms with E-state index >= 15 is 0 Å². The highest BCUT2D eigenvalue weighted by atomic mass is 79.9. The minimum Gasteiger partial charge on any atom is -0.394 e. The minimum absolute atomic E-state index is 0.0512. The van der Waals surface area contributed by atoms with Crippen molar-refractivity contribution < 1.29 is 5.11 Å². The van der Waals surface area contributed by atoms with Crippen molar-refractivity contribution in [2.75, 3.05) is 6.61 Å². The average molecular weight is 341 g/mol. The molecule has 2 nitrogen and oxygen atoms in total. The second-order valence-corrected chi connectivity index (χ2v) is 5.59. The molecule has 0 aliphatic heterocycles. The molecule has 0 aliphatic carbocycles. The third kappa shape index (κ3) is 4.05. The Kier molecular flexibility index (Phi) is 5.40. The van der Waals surface area contributed by atoms with Crippen LogP contribution in [-0.4, -0.2) is 11.7 Å². The quantitative estimate of drug-likeness (QED) is 0.864. The number of rotatable bonds is 5. The van der Waals surface area contributed by atoms with Gasteiger partial charge in [0.2, 0.25) is 0 Å². The average Bonchev–Trinajstić information content (AvgIpc) is 2.44. The highest BCUT2D eigenvalue weighted by Gasteiger charge is 2.10. The van der Waals surface area contributed by atoms with Crippen molar-refractivity contribution in [1.29, 1.82) is 0 Å². The van der Waals surface area contributed by atoms with Crippen LogP contribution in [0.5, 0.6) is 0 Å². The highest BCUT2D eigenvalue weighted by molar-refractivity contribution is 9.10. The molecule has 0 bridgehead atoms. The van der Waals surface area contributed by atoms with Gasteiger partial charge in [-0.05, 0) is 29.3 Å². The topological polar surface area (TPSA) is 32.3 Å². The number of hydrogen-bond donors (Lipinski definition) is 2. The Bertz CT molecular complexity index is 533.